The van der Waals surface area contributed by atoms with Gasteiger partial charge in [0.15, 0.2) is 0 Å². The minimum atomic E-state index is -4.57. The van der Waals surface area contributed by atoms with Gasteiger partial charge in [0.1, 0.15) is 5.69 Å². The first-order valence-electron chi connectivity index (χ1n) is 10.6. The van der Waals surface area contributed by atoms with Crippen LogP contribution in [0.1, 0.15) is 29.7 Å². The van der Waals surface area contributed by atoms with E-state index < -0.39 is 23.5 Å². The van der Waals surface area contributed by atoms with Crippen molar-refractivity contribution in [2.45, 2.75) is 31.5 Å². The van der Waals surface area contributed by atoms with E-state index in [1.54, 1.807) is 24.5 Å². The van der Waals surface area contributed by atoms with Gasteiger partial charge in [0.05, 0.1) is 5.60 Å². The van der Waals surface area contributed by atoms with E-state index in [0.29, 0.717) is 37.2 Å². The predicted octanol–water partition coefficient (Wildman–Crippen LogP) is 3.97. The number of nitrogens with zero attached hydrogens (tertiary/aromatic N) is 4. The van der Waals surface area contributed by atoms with Crippen molar-refractivity contribution in [3.05, 3.63) is 65.7 Å². The van der Waals surface area contributed by atoms with E-state index in [0.717, 1.165) is 29.0 Å². The van der Waals surface area contributed by atoms with E-state index in [1.165, 1.54) is 4.90 Å². The molecule has 1 aromatic carbocycles. The number of aryl methyl sites for hydroxylation is 1. The molecule has 0 bridgehead atoms. The largest absolute Gasteiger partial charge is 0.433 e. The van der Waals surface area contributed by atoms with Gasteiger partial charge in [-0.3, -0.25) is 4.98 Å². The summed E-state index contributed by atoms with van der Waals surface area (Å²) in [7, 11) is 0. The number of likely N-dealkylation sites (tertiary alicyclic amines) is 1. The van der Waals surface area contributed by atoms with Crippen LogP contribution in [0.3, 0.4) is 0 Å². The second-order valence-electron chi connectivity index (χ2n) is 8.30. The second kappa shape index (κ2) is 8.90. The number of nitrogens with two attached hydrogens (primary N) is 1. The van der Waals surface area contributed by atoms with Gasteiger partial charge in [-0.1, -0.05) is 6.07 Å². The van der Waals surface area contributed by atoms with Crippen LogP contribution in [0.4, 0.5) is 29.6 Å². The molecule has 11 heteroatoms. The highest BCUT2D eigenvalue weighted by atomic mass is 19.4. The molecule has 0 spiro atoms. The molecule has 4 N–H and O–H groups in total. The van der Waals surface area contributed by atoms with Crippen molar-refractivity contribution in [3.8, 4) is 11.1 Å². The van der Waals surface area contributed by atoms with Crippen LogP contribution in [0.15, 0.2) is 48.9 Å². The number of urea groups is 1. The molecule has 34 heavy (non-hydrogen) atoms. The number of pyridine rings is 1. The molecule has 0 aliphatic carbocycles. The number of anilines is 2. The van der Waals surface area contributed by atoms with Crippen LogP contribution in [0, 0.1) is 6.92 Å². The average Bonchev–Trinajstić information content (AvgIpc) is 2.79. The lowest BCUT2D eigenvalue weighted by molar-refractivity contribution is -0.141. The first-order valence-corrected chi connectivity index (χ1v) is 10.6. The number of carbonyl (C=O) groups is 1. The Morgan fingerprint density at radius 1 is 1.15 bits per heavy atom. The van der Waals surface area contributed by atoms with Crippen molar-refractivity contribution in [2.75, 3.05) is 18.4 Å². The zero-order valence-corrected chi connectivity index (χ0v) is 18.3. The lowest BCUT2D eigenvalue weighted by Gasteiger charge is -2.37. The first-order chi connectivity index (χ1) is 16.0. The number of hydrogen-bond acceptors (Lipinski definition) is 6. The highest BCUT2D eigenvalue weighted by Crippen LogP contribution is 2.35. The van der Waals surface area contributed by atoms with Crippen molar-refractivity contribution in [1.29, 1.82) is 0 Å². The fraction of sp³-hybridized carbons (Fsp3) is 0.304. The van der Waals surface area contributed by atoms with Gasteiger partial charge in [-0.2, -0.15) is 13.2 Å². The molecule has 0 radical (unpaired) electrons. The van der Waals surface area contributed by atoms with Crippen LogP contribution in [0.5, 0.6) is 0 Å². The third-order valence-electron chi connectivity index (χ3n) is 5.79. The summed E-state index contributed by atoms with van der Waals surface area (Å²) in [6.07, 6.45) is 0.367. The smallest absolute Gasteiger partial charge is 0.385 e. The van der Waals surface area contributed by atoms with Crippen molar-refractivity contribution in [3.63, 3.8) is 0 Å². The van der Waals surface area contributed by atoms with Gasteiger partial charge in [0.25, 0.3) is 0 Å². The molecule has 1 fully saturated rings. The molecule has 3 heterocycles. The molecular weight excluding hydrogens is 449 g/mol. The summed E-state index contributed by atoms with van der Waals surface area (Å²) in [6.45, 7) is 2.53. The number of alkyl halides is 3. The molecule has 0 atom stereocenters. The third kappa shape index (κ3) is 5.09. The van der Waals surface area contributed by atoms with Crippen LogP contribution in [0.2, 0.25) is 0 Å². The number of halogens is 3. The fourth-order valence-electron chi connectivity index (χ4n) is 3.97. The van der Waals surface area contributed by atoms with E-state index in [9.17, 15) is 23.1 Å². The maximum atomic E-state index is 13.0. The number of carbonyl (C=O) groups excluding carboxylic acids is 1. The zero-order chi connectivity index (χ0) is 24.5. The van der Waals surface area contributed by atoms with Gasteiger partial charge in [-0.25, -0.2) is 14.8 Å². The Hall–Kier alpha value is -3.73. The predicted molar refractivity (Wildman–Crippen MR) is 119 cm³/mol. The van der Waals surface area contributed by atoms with Crippen molar-refractivity contribution < 1.29 is 23.1 Å². The highest BCUT2D eigenvalue weighted by molar-refractivity contribution is 5.72. The number of benzene rings is 1. The van der Waals surface area contributed by atoms with Crippen LogP contribution in [-0.2, 0) is 11.8 Å². The molecule has 2 aromatic heterocycles. The van der Waals surface area contributed by atoms with Gasteiger partial charge in [0, 0.05) is 48.5 Å². The quantitative estimate of drug-likeness (QED) is 0.529. The van der Waals surface area contributed by atoms with E-state index in [-0.39, 0.29) is 5.95 Å². The SMILES string of the molecule is Cc1cc(Nc2nccc(C(F)(F)F)n2)cc(-c2cncc(C3(O)CCN(C(N)=O)CC3)c2)c1. The van der Waals surface area contributed by atoms with Crippen molar-refractivity contribution in [2.24, 2.45) is 5.73 Å². The van der Waals surface area contributed by atoms with Crippen molar-refractivity contribution in [1.82, 2.24) is 19.9 Å². The summed E-state index contributed by atoms with van der Waals surface area (Å²) in [5.74, 6) is -0.172. The number of aromatic nitrogens is 3. The number of primary amides is 1. The molecule has 0 saturated carbocycles. The Morgan fingerprint density at radius 2 is 1.88 bits per heavy atom. The van der Waals surface area contributed by atoms with Gasteiger partial charge in [-0.05, 0) is 55.2 Å². The fourth-order valence-corrected chi connectivity index (χ4v) is 3.97. The summed E-state index contributed by atoms with van der Waals surface area (Å²) < 4.78 is 38.9. The Balaban J connectivity index is 1.60. The molecular formula is C23H23F3N6O2. The molecule has 8 nitrogen and oxygen atoms in total. The number of aliphatic hydroxyl groups is 1. The molecule has 1 aliphatic heterocycles. The Kier molecular flexibility index (Phi) is 6.13. The highest BCUT2D eigenvalue weighted by Gasteiger charge is 2.35. The number of nitrogens with one attached hydrogen (secondary N) is 1. The maximum Gasteiger partial charge on any atom is 0.433 e. The van der Waals surface area contributed by atoms with Crippen LogP contribution in [0.25, 0.3) is 11.1 Å². The Labute approximate surface area is 193 Å². The standard InChI is InChI=1S/C23H23F3N6O2/c1-14-8-15(11-18(9-14)30-21-29-5-2-19(31-21)23(24,25)26)16-10-17(13-28-12-16)22(34)3-6-32(7-4-22)20(27)33/h2,5,8-13,34H,3-4,6-7H2,1H3,(H2,27,33)(H,29,30,31). The molecule has 0 unspecified atom stereocenters. The minimum absolute atomic E-state index is 0.172. The molecule has 3 aromatic rings. The minimum Gasteiger partial charge on any atom is -0.385 e. The van der Waals surface area contributed by atoms with Gasteiger partial charge >= 0.3 is 12.2 Å². The number of piperidine rings is 1. The van der Waals surface area contributed by atoms with Gasteiger partial charge < -0.3 is 21.1 Å². The topological polar surface area (TPSA) is 117 Å². The molecule has 2 amide bonds. The van der Waals surface area contributed by atoms with Gasteiger partial charge in [-0.15, -0.1) is 0 Å². The van der Waals surface area contributed by atoms with E-state index >= 15 is 0 Å². The number of rotatable bonds is 4. The second-order valence-corrected chi connectivity index (χ2v) is 8.30. The monoisotopic (exact) mass is 472 g/mol. The normalized spacial score (nSPS) is 15.7. The molecule has 178 valence electrons. The first kappa shape index (κ1) is 23.4. The van der Waals surface area contributed by atoms with E-state index in [2.05, 4.69) is 20.3 Å². The third-order valence-corrected chi connectivity index (χ3v) is 5.79. The number of amides is 2. The number of hydrogen-bond donors (Lipinski definition) is 3. The van der Waals surface area contributed by atoms with E-state index in [4.69, 9.17) is 5.73 Å². The summed E-state index contributed by atoms with van der Waals surface area (Å²) in [4.78, 5) is 24.6. The Bertz CT molecular complexity index is 1210. The lowest BCUT2D eigenvalue weighted by atomic mass is 9.84. The molecule has 1 aliphatic rings. The average molecular weight is 472 g/mol. The van der Waals surface area contributed by atoms with Crippen molar-refractivity contribution >= 4 is 17.7 Å². The Morgan fingerprint density at radius 3 is 2.56 bits per heavy atom. The summed E-state index contributed by atoms with van der Waals surface area (Å²) in [6, 6.07) is 7.53. The van der Waals surface area contributed by atoms with Crippen LogP contribution in [-0.4, -0.2) is 44.1 Å². The molecule has 1 saturated heterocycles. The van der Waals surface area contributed by atoms with Gasteiger partial charge in [0.2, 0.25) is 5.95 Å². The molecule has 4 rings (SSSR count). The van der Waals surface area contributed by atoms with Crippen LogP contribution < -0.4 is 11.1 Å². The van der Waals surface area contributed by atoms with E-state index in [1.807, 2.05) is 19.1 Å². The van der Waals surface area contributed by atoms with Crippen LogP contribution >= 0.6 is 0 Å². The maximum absolute atomic E-state index is 13.0. The zero-order valence-electron chi connectivity index (χ0n) is 18.3. The summed E-state index contributed by atoms with van der Waals surface area (Å²) in [5, 5.41) is 14.0. The summed E-state index contributed by atoms with van der Waals surface area (Å²) >= 11 is 0. The summed E-state index contributed by atoms with van der Waals surface area (Å²) in [5.41, 5.74) is 6.60. The lowest BCUT2D eigenvalue weighted by Crippen LogP contribution is -2.47.